The third kappa shape index (κ3) is 4.39. The van der Waals surface area contributed by atoms with E-state index in [2.05, 4.69) is 10.6 Å². The maximum absolute atomic E-state index is 12.0. The molecule has 3 rings (SSSR count). The Bertz CT molecular complexity index is 1000. The molecule has 0 spiro atoms. The second kappa shape index (κ2) is 7.99. The molecule has 0 saturated carbocycles. The van der Waals surface area contributed by atoms with Crippen molar-refractivity contribution in [2.75, 3.05) is 5.32 Å². The number of anilines is 1. The number of hydrogen-bond donors (Lipinski definition) is 3. The number of nitrogens with one attached hydrogen (secondary N) is 2. The van der Waals surface area contributed by atoms with Gasteiger partial charge in [0.15, 0.2) is 5.11 Å². The van der Waals surface area contributed by atoms with E-state index in [1.54, 1.807) is 36.4 Å². The van der Waals surface area contributed by atoms with Crippen molar-refractivity contribution in [1.82, 2.24) is 5.32 Å². The van der Waals surface area contributed by atoms with Gasteiger partial charge in [-0.15, -0.1) is 0 Å². The van der Waals surface area contributed by atoms with Crippen LogP contribution < -0.4 is 10.6 Å². The van der Waals surface area contributed by atoms with Crippen molar-refractivity contribution in [3.05, 3.63) is 77.3 Å². The number of amides is 1. The molecular formula is C20H15ClN2O2S. The van der Waals surface area contributed by atoms with E-state index in [0.29, 0.717) is 16.1 Å². The average Bonchev–Trinajstić information content (AvgIpc) is 2.62. The van der Waals surface area contributed by atoms with Crippen LogP contribution in [0.4, 0.5) is 5.69 Å². The van der Waals surface area contributed by atoms with E-state index < -0.39 is 0 Å². The van der Waals surface area contributed by atoms with Crippen LogP contribution in [0.25, 0.3) is 16.8 Å². The number of phenolic OH excluding ortho intramolecular Hbond substituents is 1. The molecule has 4 nitrogen and oxygen atoms in total. The molecule has 0 fully saturated rings. The molecule has 0 bridgehead atoms. The highest BCUT2D eigenvalue weighted by Gasteiger charge is 2.07. The Hall–Kier alpha value is -2.89. The largest absolute Gasteiger partial charge is 0.507 e. The fraction of sp³-hybridized carbons (Fsp3) is 0. The van der Waals surface area contributed by atoms with Gasteiger partial charge in [0.1, 0.15) is 5.75 Å². The summed E-state index contributed by atoms with van der Waals surface area (Å²) >= 11 is 11.0. The fourth-order valence-electron chi connectivity index (χ4n) is 2.46. The van der Waals surface area contributed by atoms with Crippen LogP contribution in [0.15, 0.2) is 66.7 Å². The molecule has 6 heteroatoms. The molecule has 0 radical (unpaired) electrons. The second-order valence-corrected chi connectivity index (χ2v) is 6.35. The number of phenols is 1. The summed E-state index contributed by atoms with van der Waals surface area (Å²) < 4.78 is 0. The van der Waals surface area contributed by atoms with Crippen molar-refractivity contribution >= 4 is 57.4 Å². The Balaban J connectivity index is 1.66. The van der Waals surface area contributed by atoms with Crippen LogP contribution in [0.2, 0.25) is 5.02 Å². The molecule has 130 valence electrons. The predicted molar refractivity (Wildman–Crippen MR) is 110 cm³/mol. The molecule has 0 aromatic heterocycles. The summed E-state index contributed by atoms with van der Waals surface area (Å²) in [6.45, 7) is 0. The summed E-state index contributed by atoms with van der Waals surface area (Å²) in [5.41, 5.74) is 1.55. The number of fused-ring (bicyclic) bond motifs is 1. The average molecular weight is 383 g/mol. The molecule has 26 heavy (non-hydrogen) atoms. The molecule has 0 heterocycles. The first-order valence-electron chi connectivity index (χ1n) is 7.79. The maximum Gasteiger partial charge on any atom is 0.250 e. The normalized spacial score (nSPS) is 10.8. The van der Waals surface area contributed by atoms with Crippen molar-refractivity contribution in [3.8, 4) is 5.75 Å². The fourth-order valence-corrected chi connectivity index (χ4v) is 2.79. The van der Waals surface area contributed by atoms with E-state index in [-0.39, 0.29) is 16.8 Å². The van der Waals surface area contributed by atoms with E-state index in [1.165, 1.54) is 6.08 Å². The maximum atomic E-state index is 12.0. The standard InChI is InChI=1S/C20H15ClN2O2S/c21-14-10-7-13(8-11-14)9-12-19(25)23-20(26)22-17-5-1-4-16-15(17)3-2-6-18(16)24/h1-12,24H,(H2,22,23,25,26)/b12-9+. The van der Waals surface area contributed by atoms with Gasteiger partial charge in [0.05, 0.1) is 0 Å². The van der Waals surface area contributed by atoms with Gasteiger partial charge in [-0.1, -0.05) is 48.0 Å². The zero-order chi connectivity index (χ0) is 18.5. The smallest absolute Gasteiger partial charge is 0.250 e. The van der Waals surface area contributed by atoms with Crippen LogP contribution in [-0.4, -0.2) is 16.1 Å². The predicted octanol–water partition coefficient (Wildman–Crippen LogP) is 4.73. The Morgan fingerprint density at radius 2 is 1.69 bits per heavy atom. The van der Waals surface area contributed by atoms with Crippen LogP contribution in [0, 0.1) is 0 Å². The number of carbonyl (C=O) groups is 1. The summed E-state index contributed by atoms with van der Waals surface area (Å²) in [4.78, 5) is 12.0. The highest BCUT2D eigenvalue weighted by molar-refractivity contribution is 7.80. The van der Waals surface area contributed by atoms with Gasteiger partial charge >= 0.3 is 0 Å². The number of thiocarbonyl (C=S) groups is 1. The van der Waals surface area contributed by atoms with Gasteiger partial charge in [-0.25, -0.2) is 0 Å². The molecule has 0 aliphatic rings. The Labute approximate surface area is 161 Å². The van der Waals surface area contributed by atoms with Crippen molar-refractivity contribution in [2.45, 2.75) is 0 Å². The van der Waals surface area contributed by atoms with Crippen molar-refractivity contribution in [3.63, 3.8) is 0 Å². The molecule has 3 N–H and O–H groups in total. The van der Waals surface area contributed by atoms with Crippen molar-refractivity contribution in [2.24, 2.45) is 0 Å². The lowest BCUT2D eigenvalue weighted by atomic mass is 10.1. The second-order valence-electron chi connectivity index (χ2n) is 5.51. The molecule has 3 aromatic rings. The minimum absolute atomic E-state index is 0.173. The van der Waals surface area contributed by atoms with Gasteiger partial charge in [-0.3, -0.25) is 10.1 Å². The number of carbonyl (C=O) groups excluding carboxylic acids is 1. The molecule has 0 aliphatic carbocycles. The highest BCUT2D eigenvalue weighted by Crippen LogP contribution is 2.29. The molecule has 3 aromatic carbocycles. The SMILES string of the molecule is O=C(/C=C/c1ccc(Cl)cc1)NC(=S)Nc1cccc2c(O)cccc12. The Morgan fingerprint density at radius 1 is 1.00 bits per heavy atom. The highest BCUT2D eigenvalue weighted by atomic mass is 35.5. The third-order valence-corrected chi connectivity index (χ3v) is 4.14. The minimum Gasteiger partial charge on any atom is -0.507 e. The topological polar surface area (TPSA) is 61.4 Å². The van der Waals surface area contributed by atoms with E-state index in [0.717, 1.165) is 10.9 Å². The number of halogens is 1. The van der Waals surface area contributed by atoms with Gasteiger partial charge in [0.2, 0.25) is 5.91 Å². The first-order chi connectivity index (χ1) is 12.5. The van der Waals surface area contributed by atoms with Gasteiger partial charge in [-0.2, -0.15) is 0 Å². The summed E-state index contributed by atoms with van der Waals surface area (Å²) in [6, 6.07) is 17.8. The number of benzene rings is 3. The van der Waals surface area contributed by atoms with Gasteiger partial charge in [0.25, 0.3) is 0 Å². The number of rotatable bonds is 3. The quantitative estimate of drug-likeness (QED) is 0.453. The lowest BCUT2D eigenvalue weighted by Crippen LogP contribution is -2.32. The number of aromatic hydroxyl groups is 1. The minimum atomic E-state index is -0.347. The van der Waals surface area contributed by atoms with Crippen LogP contribution in [0.5, 0.6) is 5.75 Å². The van der Waals surface area contributed by atoms with Crippen LogP contribution in [-0.2, 0) is 4.79 Å². The molecule has 0 saturated heterocycles. The molecule has 0 atom stereocenters. The van der Waals surface area contributed by atoms with E-state index >= 15 is 0 Å². The van der Waals surface area contributed by atoms with E-state index in [4.69, 9.17) is 23.8 Å². The van der Waals surface area contributed by atoms with Crippen LogP contribution in [0.1, 0.15) is 5.56 Å². The first kappa shape index (κ1) is 17.9. The zero-order valence-electron chi connectivity index (χ0n) is 13.6. The third-order valence-electron chi connectivity index (χ3n) is 3.68. The Kier molecular flexibility index (Phi) is 5.51. The van der Waals surface area contributed by atoms with Crippen molar-refractivity contribution in [1.29, 1.82) is 0 Å². The summed E-state index contributed by atoms with van der Waals surface area (Å²) in [6.07, 6.45) is 3.07. The monoisotopic (exact) mass is 382 g/mol. The Morgan fingerprint density at radius 3 is 2.46 bits per heavy atom. The summed E-state index contributed by atoms with van der Waals surface area (Å²) in [5.74, 6) is -0.160. The van der Waals surface area contributed by atoms with Crippen molar-refractivity contribution < 1.29 is 9.90 Å². The molecule has 0 unspecified atom stereocenters. The summed E-state index contributed by atoms with van der Waals surface area (Å²) in [7, 11) is 0. The number of hydrogen-bond acceptors (Lipinski definition) is 3. The zero-order valence-corrected chi connectivity index (χ0v) is 15.1. The van der Waals surface area contributed by atoms with Gasteiger partial charge < -0.3 is 10.4 Å². The lowest BCUT2D eigenvalue weighted by molar-refractivity contribution is -0.115. The summed E-state index contributed by atoms with van der Waals surface area (Å²) in [5, 5.41) is 17.8. The van der Waals surface area contributed by atoms with Gasteiger partial charge in [-0.05, 0) is 48.1 Å². The van der Waals surface area contributed by atoms with E-state index in [1.807, 2.05) is 30.3 Å². The molecule has 0 aliphatic heterocycles. The molecular weight excluding hydrogens is 368 g/mol. The molecule has 1 amide bonds. The first-order valence-corrected chi connectivity index (χ1v) is 8.58. The van der Waals surface area contributed by atoms with Crippen LogP contribution in [0.3, 0.4) is 0 Å². The van der Waals surface area contributed by atoms with E-state index in [9.17, 15) is 9.90 Å². The van der Waals surface area contributed by atoms with Gasteiger partial charge in [0, 0.05) is 27.6 Å². The van der Waals surface area contributed by atoms with Crippen LogP contribution >= 0.6 is 23.8 Å². The lowest BCUT2D eigenvalue weighted by Gasteiger charge is -2.11.